The summed E-state index contributed by atoms with van der Waals surface area (Å²) < 4.78 is 0. The number of hydrogen-bond donors (Lipinski definition) is 0. The molecule has 4 aromatic carbocycles. The molecule has 2 aliphatic carbocycles. The average Bonchev–Trinajstić information content (AvgIpc) is 3.14. The molecule has 146 valence electrons. The van der Waals surface area contributed by atoms with Crippen molar-refractivity contribution < 1.29 is 0 Å². The van der Waals surface area contributed by atoms with Crippen molar-refractivity contribution in [1.29, 1.82) is 0 Å². The summed E-state index contributed by atoms with van der Waals surface area (Å²) in [5, 5.41) is 0. The molecule has 4 aromatic rings. The van der Waals surface area contributed by atoms with Gasteiger partial charge in [-0.05, 0) is 61.7 Å². The first-order chi connectivity index (χ1) is 14.4. The average molecular weight is 387 g/mol. The van der Waals surface area contributed by atoms with Crippen LogP contribution in [0.15, 0.2) is 84.9 Å². The van der Waals surface area contributed by atoms with Gasteiger partial charge in [0.2, 0.25) is 0 Å². The topological polar surface area (TPSA) is 0 Å². The van der Waals surface area contributed by atoms with Gasteiger partial charge in [0.1, 0.15) is 0 Å². The molecule has 0 radical (unpaired) electrons. The molecule has 0 saturated heterocycles. The maximum Gasteiger partial charge on any atom is 0.0165 e. The van der Waals surface area contributed by atoms with Gasteiger partial charge in [-0.3, -0.25) is 0 Å². The summed E-state index contributed by atoms with van der Waals surface area (Å²) in [5.41, 5.74) is 14.0. The number of fused-ring (bicyclic) bond motifs is 6. The zero-order valence-electron chi connectivity index (χ0n) is 18.1. The lowest BCUT2D eigenvalue weighted by atomic mass is 9.77. The van der Waals surface area contributed by atoms with E-state index < -0.39 is 0 Å². The molecule has 2 aliphatic rings. The summed E-state index contributed by atoms with van der Waals surface area (Å²) in [6.45, 7) is 9.45. The summed E-state index contributed by atoms with van der Waals surface area (Å²) in [7, 11) is 0. The van der Waals surface area contributed by atoms with Gasteiger partial charge < -0.3 is 0 Å². The lowest BCUT2D eigenvalue weighted by Gasteiger charge is -2.26. The minimum absolute atomic E-state index is 0.0000151. The van der Waals surface area contributed by atoms with Crippen LogP contribution in [0.3, 0.4) is 0 Å². The first-order valence-corrected chi connectivity index (χ1v) is 10.9. The third-order valence-electron chi connectivity index (χ3n) is 7.47. The van der Waals surface area contributed by atoms with Gasteiger partial charge in [0, 0.05) is 10.8 Å². The largest absolute Gasteiger partial charge is 0.0619 e. The Bertz CT molecular complexity index is 1330. The standard InChI is InChI=1S/C30H26/c1-29(2)25-14-7-5-10-21(25)23-17-16-19(18-27(23)29)20-12-9-13-24-22-11-6-8-15-26(22)30(3,4)28(20)24/h5-18H,1-4H3. The third kappa shape index (κ3) is 2.12. The Morgan fingerprint density at radius 1 is 0.433 bits per heavy atom. The normalized spacial score (nSPS) is 16.5. The Morgan fingerprint density at radius 3 is 1.70 bits per heavy atom. The fourth-order valence-electron chi connectivity index (χ4n) is 5.96. The second-order valence-corrected chi connectivity index (χ2v) is 9.83. The van der Waals surface area contributed by atoms with E-state index in [1.54, 1.807) is 0 Å². The van der Waals surface area contributed by atoms with Crippen LogP contribution in [0.25, 0.3) is 33.4 Å². The van der Waals surface area contributed by atoms with Gasteiger partial charge in [-0.25, -0.2) is 0 Å². The highest BCUT2D eigenvalue weighted by Gasteiger charge is 2.38. The van der Waals surface area contributed by atoms with Crippen LogP contribution in [0.4, 0.5) is 0 Å². The fourth-order valence-corrected chi connectivity index (χ4v) is 5.96. The van der Waals surface area contributed by atoms with E-state index in [-0.39, 0.29) is 10.8 Å². The van der Waals surface area contributed by atoms with Crippen molar-refractivity contribution >= 4 is 0 Å². The van der Waals surface area contributed by atoms with Crippen molar-refractivity contribution in [3.63, 3.8) is 0 Å². The van der Waals surface area contributed by atoms with Crippen molar-refractivity contribution in [1.82, 2.24) is 0 Å². The van der Waals surface area contributed by atoms with Crippen molar-refractivity contribution in [2.45, 2.75) is 38.5 Å². The van der Waals surface area contributed by atoms with Crippen LogP contribution in [0.2, 0.25) is 0 Å². The van der Waals surface area contributed by atoms with E-state index in [0.717, 1.165) is 0 Å². The smallest absolute Gasteiger partial charge is 0.0165 e. The van der Waals surface area contributed by atoms with Gasteiger partial charge in [0.15, 0.2) is 0 Å². The van der Waals surface area contributed by atoms with Gasteiger partial charge in [0.25, 0.3) is 0 Å². The molecule has 0 fully saturated rings. The molecule has 0 aliphatic heterocycles. The van der Waals surface area contributed by atoms with Gasteiger partial charge in [-0.2, -0.15) is 0 Å². The molecule has 0 heterocycles. The number of rotatable bonds is 1. The van der Waals surface area contributed by atoms with Crippen LogP contribution in [0.5, 0.6) is 0 Å². The first-order valence-electron chi connectivity index (χ1n) is 10.9. The minimum Gasteiger partial charge on any atom is -0.0619 e. The van der Waals surface area contributed by atoms with Crippen LogP contribution in [-0.4, -0.2) is 0 Å². The number of hydrogen-bond acceptors (Lipinski definition) is 0. The van der Waals surface area contributed by atoms with E-state index in [1.165, 1.54) is 55.6 Å². The molecular weight excluding hydrogens is 360 g/mol. The van der Waals surface area contributed by atoms with E-state index in [1.807, 2.05) is 0 Å². The second-order valence-electron chi connectivity index (χ2n) is 9.83. The Morgan fingerprint density at radius 2 is 0.967 bits per heavy atom. The summed E-state index contributed by atoms with van der Waals surface area (Å²) in [6.07, 6.45) is 0. The van der Waals surface area contributed by atoms with Gasteiger partial charge in [-0.15, -0.1) is 0 Å². The lowest BCUT2D eigenvalue weighted by Crippen LogP contribution is -2.17. The van der Waals surface area contributed by atoms with Gasteiger partial charge in [-0.1, -0.05) is 107 Å². The fraction of sp³-hybridized carbons (Fsp3) is 0.200. The highest BCUT2D eigenvalue weighted by molar-refractivity contribution is 5.90. The summed E-state index contributed by atoms with van der Waals surface area (Å²) >= 11 is 0. The van der Waals surface area contributed by atoms with Crippen LogP contribution in [0, 0.1) is 0 Å². The highest BCUT2D eigenvalue weighted by Crippen LogP contribution is 2.54. The van der Waals surface area contributed by atoms with Crippen molar-refractivity contribution in [3.8, 4) is 33.4 Å². The maximum absolute atomic E-state index is 2.45. The summed E-state index contributed by atoms with van der Waals surface area (Å²) in [6, 6.07) is 31.7. The first kappa shape index (κ1) is 17.7. The molecule has 0 saturated carbocycles. The van der Waals surface area contributed by atoms with E-state index >= 15 is 0 Å². The van der Waals surface area contributed by atoms with Crippen LogP contribution >= 0.6 is 0 Å². The zero-order chi connectivity index (χ0) is 20.7. The molecular formula is C30H26. The Balaban J connectivity index is 1.59. The SMILES string of the molecule is CC1(C)c2ccccc2-c2ccc(-c3cccc4c3C(C)(C)c3ccccc3-4)cc21. The quantitative estimate of drug-likeness (QED) is 0.311. The second kappa shape index (κ2) is 5.73. The number of benzene rings is 4. The molecule has 0 aromatic heterocycles. The predicted molar refractivity (Wildman–Crippen MR) is 127 cm³/mol. The Labute approximate surface area is 179 Å². The van der Waals surface area contributed by atoms with Crippen molar-refractivity contribution in [3.05, 3.63) is 107 Å². The molecule has 6 rings (SSSR count). The van der Waals surface area contributed by atoms with Gasteiger partial charge in [0.05, 0.1) is 0 Å². The summed E-state index contributed by atoms with van der Waals surface area (Å²) in [5.74, 6) is 0. The Kier molecular flexibility index (Phi) is 3.38. The molecule has 0 heteroatoms. The molecule has 0 amide bonds. The molecule has 0 unspecified atom stereocenters. The maximum atomic E-state index is 2.45. The van der Waals surface area contributed by atoms with E-state index in [0.29, 0.717) is 0 Å². The lowest BCUT2D eigenvalue weighted by molar-refractivity contribution is 0.659. The van der Waals surface area contributed by atoms with Crippen molar-refractivity contribution in [2.24, 2.45) is 0 Å². The van der Waals surface area contributed by atoms with Crippen LogP contribution in [0.1, 0.15) is 49.9 Å². The van der Waals surface area contributed by atoms with E-state index in [4.69, 9.17) is 0 Å². The third-order valence-corrected chi connectivity index (χ3v) is 7.47. The van der Waals surface area contributed by atoms with Crippen molar-refractivity contribution in [2.75, 3.05) is 0 Å². The van der Waals surface area contributed by atoms with E-state index in [9.17, 15) is 0 Å². The molecule has 0 N–H and O–H groups in total. The van der Waals surface area contributed by atoms with Crippen LogP contribution in [-0.2, 0) is 10.8 Å². The molecule has 30 heavy (non-hydrogen) atoms. The summed E-state index contributed by atoms with van der Waals surface area (Å²) in [4.78, 5) is 0. The predicted octanol–water partition coefficient (Wildman–Crippen LogP) is 7.97. The molecule has 0 spiro atoms. The molecule has 0 atom stereocenters. The minimum atomic E-state index is 0.0000151. The monoisotopic (exact) mass is 386 g/mol. The highest BCUT2D eigenvalue weighted by atomic mass is 14.4. The molecule has 0 nitrogen and oxygen atoms in total. The van der Waals surface area contributed by atoms with E-state index in [2.05, 4.69) is 113 Å². The molecule has 0 bridgehead atoms. The zero-order valence-corrected chi connectivity index (χ0v) is 18.1. The Hall–Kier alpha value is -3.12. The van der Waals surface area contributed by atoms with Crippen LogP contribution < -0.4 is 0 Å². The van der Waals surface area contributed by atoms with Gasteiger partial charge >= 0.3 is 0 Å².